The van der Waals surface area contributed by atoms with E-state index in [-0.39, 0.29) is 5.91 Å². The highest BCUT2D eigenvalue weighted by Gasteiger charge is 2.25. The number of amides is 1. The average Bonchev–Trinajstić information content (AvgIpc) is 2.61. The van der Waals surface area contributed by atoms with Gasteiger partial charge in [0.2, 0.25) is 5.91 Å². The maximum atomic E-state index is 13.8. The zero-order valence-corrected chi connectivity index (χ0v) is 15.4. The van der Waals surface area contributed by atoms with Crippen LogP contribution in [0.15, 0.2) is 47.4 Å². The minimum Gasteiger partial charge on any atom is -0.312 e. The first kappa shape index (κ1) is 18.4. The van der Waals surface area contributed by atoms with Gasteiger partial charge >= 0.3 is 0 Å². The van der Waals surface area contributed by atoms with Gasteiger partial charge in [-0.25, -0.2) is 12.8 Å². The standard InChI is InChI=1S/C19H21FN2O3S/c1-2-3-12-22-17-10-9-15(13-14(17)8-11-19(22)23)21-26(24,25)18-7-5-4-6-16(18)20/h4-7,9-10,13,21H,2-3,8,11-12H2,1H3. The first-order chi connectivity index (χ1) is 12.4. The Morgan fingerprint density at radius 3 is 2.65 bits per heavy atom. The third kappa shape index (κ3) is 3.72. The van der Waals surface area contributed by atoms with Crippen molar-refractivity contribution in [1.29, 1.82) is 0 Å². The van der Waals surface area contributed by atoms with Gasteiger partial charge in [-0.15, -0.1) is 0 Å². The van der Waals surface area contributed by atoms with Crippen LogP contribution in [-0.4, -0.2) is 20.9 Å². The van der Waals surface area contributed by atoms with Crippen molar-refractivity contribution >= 4 is 27.3 Å². The summed E-state index contributed by atoms with van der Waals surface area (Å²) in [7, 11) is -4.01. The van der Waals surface area contributed by atoms with Crippen molar-refractivity contribution < 1.29 is 17.6 Å². The summed E-state index contributed by atoms with van der Waals surface area (Å²) in [5.41, 5.74) is 2.09. The number of sulfonamides is 1. The first-order valence-electron chi connectivity index (χ1n) is 8.63. The second kappa shape index (κ2) is 7.45. The van der Waals surface area contributed by atoms with Gasteiger partial charge in [-0.05, 0) is 48.7 Å². The van der Waals surface area contributed by atoms with Crippen molar-refractivity contribution in [2.24, 2.45) is 0 Å². The van der Waals surface area contributed by atoms with Crippen molar-refractivity contribution in [1.82, 2.24) is 0 Å². The monoisotopic (exact) mass is 376 g/mol. The largest absolute Gasteiger partial charge is 0.312 e. The molecule has 0 fully saturated rings. The Labute approximate surface area is 152 Å². The molecule has 0 unspecified atom stereocenters. The molecule has 26 heavy (non-hydrogen) atoms. The van der Waals surface area contributed by atoms with Crippen LogP contribution in [-0.2, 0) is 21.2 Å². The van der Waals surface area contributed by atoms with Crippen LogP contribution >= 0.6 is 0 Å². The van der Waals surface area contributed by atoms with Crippen molar-refractivity contribution in [3.63, 3.8) is 0 Å². The van der Waals surface area contributed by atoms with E-state index in [1.165, 1.54) is 18.2 Å². The SMILES string of the molecule is CCCCN1C(=O)CCc2cc(NS(=O)(=O)c3ccccc3F)ccc21. The molecule has 0 atom stereocenters. The Hall–Kier alpha value is -2.41. The van der Waals surface area contributed by atoms with Gasteiger partial charge in [-0.1, -0.05) is 25.5 Å². The fourth-order valence-electron chi connectivity index (χ4n) is 3.06. The second-order valence-corrected chi connectivity index (χ2v) is 7.93. The number of rotatable bonds is 6. The predicted octanol–water partition coefficient (Wildman–Crippen LogP) is 3.71. The molecule has 2 aromatic rings. The van der Waals surface area contributed by atoms with Crippen LogP contribution in [0.25, 0.3) is 0 Å². The Morgan fingerprint density at radius 1 is 1.15 bits per heavy atom. The van der Waals surface area contributed by atoms with E-state index >= 15 is 0 Å². The van der Waals surface area contributed by atoms with Gasteiger partial charge in [0.15, 0.2) is 0 Å². The molecular formula is C19H21FN2O3S. The number of carbonyl (C=O) groups is 1. The number of benzene rings is 2. The molecule has 1 aliphatic rings. The molecule has 3 rings (SSSR count). The highest BCUT2D eigenvalue weighted by Crippen LogP contribution is 2.31. The molecule has 7 heteroatoms. The highest BCUT2D eigenvalue weighted by atomic mass is 32.2. The van der Waals surface area contributed by atoms with Gasteiger partial charge in [-0.3, -0.25) is 9.52 Å². The number of fused-ring (bicyclic) bond motifs is 1. The lowest BCUT2D eigenvalue weighted by Crippen LogP contribution is -2.35. The number of nitrogens with one attached hydrogen (secondary N) is 1. The zero-order chi connectivity index (χ0) is 18.7. The molecule has 5 nitrogen and oxygen atoms in total. The van der Waals surface area contributed by atoms with E-state index in [0.29, 0.717) is 25.1 Å². The normalized spacial score (nSPS) is 14.2. The Morgan fingerprint density at radius 2 is 1.92 bits per heavy atom. The minimum atomic E-state index is -4.01. The summed E-state index contributed by atoms with van der Waals surface area (Å²) >= 11 is 0. The summed E-state index contributed by atoms with van der Waals surface area (Å²) in [6.45, 7) is 2.72. The molecule has 0 aromatic heterocycles. The number of hydrogen-bond donors (Lipinski definition) is 1. The van der Waals surface area contributed by atoms with E-state index in [4.69, 9.17) is 0 Å². The molecule has 0 saturated carbocycles. The van der Waals surface area contributed by atoms with Crippen molar-refractivity contribution in [2.75, 3.05) is 16.2 Å². The van der Waals surface area contributed by atoms with Crippen LogP contribution in [0.4, 0.5) is 15.8 Å². The summed E-state index contributed by atoms with van der Waals surface area (Å²) in [5.74, 6) is -0.708. The fraction of sp³-hybridized carbons (Fsp3) is 0.316. The van der Waals surface area contributed by atoms with Crippen LogP contribution in [0, 0.1) is 5.82 Å². The lowest BCUT2D eigenvalue weighted by molar-refractivity contribution is -0.118. The predicted molar refractivity (Wildman–Crippen MR) is 99.2 cm³/mol. The number of aryl methyl sites for hydroxylation is 1. The molecule has 138 valence electrons. The number of anilines is 2. The number of hydrogen-bond acceptors (Lipinski definition) is 3. The lowest BCUT2D eigenvalue weighted by Gasteiger charge is -2.29. The smallest absolute Gasteiger partial charge is 0.264 e. The quantitative estimate of drug-likeness (QED) is 0.836. The van der Waals surface area contributed by atoms with E-state index in [1.54, 1.807) is 23.1 Å². The van der Waals surface area contributed by atoms with E-state index in [1.807, 2.05) is 0 Å². The second-order valence-electron chi connectivity index (χ2n) is 6.28. The van der Waals surface area contributed by atoms with Gasteiger partial charge in [0.1, 0.15) is 10.7 Å². The first-order valence-corrected chi connectivity index (χ1v) is 10.1. The highest BCUT2D eigenvalue weighted by molar-refractivity contribution is 7.92. The van der Waals surface area contributed by atoms with E-state index in [9.17, 15) is 17.6 Å². The van der Waals surface area contributed by atoms with Crippen molar-refractivity contribution in [3.05, 3.63) is 53.8 Å². The summed E-state index contributed by atoms with van der Waals surface area (Å²) in [6, 6.07) is 10.3. The van der Waals surface area contributed by atoms with Crippen LogP contribution in [0.5, 0.6) is 0 Å². The van der Waals surface area contributed by atoms with Gasteiger partial charge in [0.05, 0.1) is 0 Å². The Balaban J connectivity index is 1.88. The van der Waals surface area contributed by atoms with Gasteiger partial charge in [0.25, 0.3) is 10.0 Å². The number of nitrogens with zero attached hydrogens (tertiary/aromatic N) is 1. The minimum absolute atomic E-state index is 0.0886. The molecule has 1 heterocycles. The number of carbonyl (C=O) groups excluding carboxylic acids is 1. The van der Waals surface area contributed by atoms with Gasteiger partial charge in [0, 0.05) is 24.3 Å². The van der Waals surface area contributed by atoms with Gasteiger partial charge in [-0.2, -0.15) is 0 Å². The summed E-state index contributed by atoms with van der Waals surface area (Å²) in [5, 5.41) is 0. The van der Waals surface area contributed by atoms with Crippen molar-refractivity contribution in [3.8, 4) is 0 Å². The van der Waals surface area contributed by atoms with E-state index in [0.717, 1.165) is 30.2 Å². The number of halogens is 1. The molecule has 0 bridgehead atoms. The Kier molecular flexibility index (Phi) is 5.27. The summed E-state index contributed by atoms with van der Waals surface area (Å²) in [6.07, 6.45) is 2.86. The maximum absolute atomic E-state index is 13.8. The molecule has 1 aliphatic heterocycles. The van der Waals surface area contributed by atoms with Crippen LogP contribution in [0.3, 0.4) is 0 Å². The van der Waals surface area contributed by atoms with Crippen LogP contribution < -0.4 is 9.62 Å². The van der Waals surface area contributed by atoms with Gasteiger partial charge < -0.3 is 4.90 Å². The van der Waals surface area contributed by atoms with E-state index in [2.05, 4.69) is 11.6 Å². The summed E-state index contributed by atoms with van der Waals surface area (Å²) in [4.78, 5) is 13.5. The molecular weight excluding hydrogens is 355 g/mol. The maximum Gasteiger partial charge on any atom is 0.264 e. The molecule has 0 spiro atoms. The summed E-state index contributed by atoms with van der Waals surface area (Å²) < 4.78 is 41.1. The third-order valence-corrected chi connectivity index (χ3v) is 5.81. The topological polar surface area (TPSA) is 66.5 Å². The van der Waals surface area contributed by atoms with Crippen molar-refractivity contribution in [2.45, 2.75) is 37.5 Å². The number of unbranched alkanes of at least 4 members (excludes halogenated alkanes) is 1. The van der Waals surface area contributed by atoms with E-state index < -0.39 is 20.7 Å². The molecule has 0 aliphatic carbocycles. The molecule has 2 aromatic carbocycles. The molecule has 1 N–H and O–H groups in total. The zero-order valence-electron chi connectivity index (χ0n) is 14.5. The lowest BCUT2D eigenvalue weighted by atomic mass is 10.00. The Bertz CT molecular complexity index is 928. The molecule has 0 saturated heterocycles. The van der Waals surface area contributed by atoms with Crippen LogP contribution in [0.1, 0.15) is 31.7 Å². The molecule has 1 amide bonds. The van der Waals surface area contributed by atoms with Crippen LogP contribution in [0.2, 0.25) is 0 Å². The fourth-order valence-corrected chi connectivity index (χ4v) is 4.19. The molecule has 0 radical (unpaired) electrons. The third-order valence-electron chi connectivity index (χ3n) is 4.39. The average molecular weight is 376 g/mol.